The van der Waals surface area contributed by atoms with E-state index in [0.29, 0.717) is 17.5 Å². The van der Waals surface area contributed by atoms with E-state index in [9.17, 15) is 0 Å². The number of benzene rings is 7. The molecular formula is C47H31N5. The van der Waals surface area contributed by atoms with Crippen molar-refractivity contribution in [2.24, 2.45) is 0 Å². The maximum Gasteiger partial charge on any atom is 0.164 e. The number of rotatable bonds is 6. The fourth-order valence-corrected chi connectivity index (χ4v) is 7.72. The van der Waals surface area contributed by atoms with Crippen LogP contribution in [0.5, 0.6) is 0 Å². The highest BCUT2D eigenvalue weighted by molar-refractivity contribution is 5.85. The Kier molecular flexibility index (Phi) is 6.96. The molecule has 0 amide bonds. The number of hydrogen-bond donors (Lipinski definition) is 0. The SMILES string of the molecule is c1ccc(-c2ccc(-c3nc(-c4ccccc4)nc(-c4ccc5c(c4)C(c4ccccc4)(c4ccccc4)c4nc6ccccc6n4-5)n3)cc2)cc1. The first-order chi connectivity index (χ1) is 25.8. The highest BCUT2D eigenvalue weighted by atomic mass is 15.1. The normalized spacial score (nSPS) is 12.8. The van der Waals surface area contributed by atoms with Gasteiger partial charge in [-0.2, -0.15) is 0 Å². The van der Waals surface area contributed by atoms with Crippen LogP contribution in [0.1, 0.15) is 22.5 Å². The van der Waals surface area contributed by atoms with E-state index in [1.165, 1.54) is 5.56 Å². The fraction of sp³-hybridized carbons (Fsp3) is 0.0213. The summed E-state index contributed by atoms with van der Waals surface area (Å²) < 4.78 is 2.33. The number of hydrogen-bond acceptors (Lipinski definition) is 4. The van der Waals surface area contributed by atoms with Crippen molar-refractivity contribution in [1.29, 1.82) is 0 Å². The minimum absolute atomic E-state index is 0.614. The van der Waals surface area contributed by atoms with Crippen molar-refractivity contribution < 1.29 is 0 Å². The maximum atomic E-state index is 5.37. The molecule has 0 radical (unpaired) electrons. The minimum Gasteiger partial charge on any atom is -0.295 e. The Morgan fingerprint density at radius 1 is 0.365 bits per heavy atom. The molecule has 0 saturated carbocycles. The summed E-state index contributed by atoms with van der Waals surface area (Å²) in [4.78, 5) is 20.7. The zero-order valence-corrected chi connectivity index (χ0v) is 28.1. The van der Waals surface area contributed by atoms with E-state index in [2.05, 4.69) is 156 Å². The number of para-hydroxylation sites is 2. The molecule has 5 nitrogen and oxygen atoms in total. The molecular weight excluding hydrogens is 635 g/mol. The summed E-state index contributed by atoms with van der Waals surface area (Å²) in [5.41, 5.74) is 11.0. The second-order valence-corrected chi connectivity index (χ2v) is 13.1. The Balaban J connectivity index is 1.21. The fourth-order valence-electron chi connectivity index (χ4n) is 7.72. The summed E-state index contributed by atoms with van der Waals surface area (Å²) in [5, 5.41) is 0. The Bertz CT molecular complexity index is 2670. The first-order valence-corrected chi connectivity index (χ1v) is 17.5. The van der Waals surface area contributed by atoms with Crippen molar-refractivity contribution in [3.05, 3.63) is 211 Å². The first kappa shape index (κ1) is 29.9. The Morgan fingerprint density at radius 2 is 0.808 bits per heavy atom. The third-order valence-electron chi connectivity index (χ3n) is 10.1. The summed E-state index contributed by atoms with van der Waals surface area (Å²) in [5.74, 6) is 2.84. The largest absolute Gasteiger partial charge is 0.295 e. The van der Waals surface area contributed by atoms with Gasteiger partial charge >= 0.3 is 0 Å². The molecule has 0 spiro atoms. The van der Waals surface area contributed by atoms with Gasteiger partial charge in [0, 0.05) is 16.7 Å². The van der Waals surface area contributed by atoms with Gasteiger partial charge in [0.15, 0.2) is 17.5 Å². The van der Waals surface area contributed by atoms with Crippen molar-refractivity contribution >= 4 is 11.0 Å². The van der Waals surface area contributed by atoms with Gasteiger partial charge in [-0.25, -0.2) is 19.9 Å². The van der Waals surface area contributed by atoms with Crippen LogP contribution in [-0.2, 0) is 5.41 Å². The lowest BCUT2D eigenvalue weighted by Crippen LogP contribution is -2.29. The summed E-state index contributed by atoms with van der Waals surface area (Å²) >= 11 is 0. The molecule has 3 heterocycles. The molecule has 0 unspecified atom stereocenters. The van der Waals surface area contributed by atoms with Gasteiger partial charge in [-0.15, -0.1) is 0 Å². The van der Waals surface area contributed by atoms with Gasteiger partial charge in [0.05, 0.1) is 16.7 Å². The second kappa shape index (κ2) is 12.1. The lowest BCUT2D eigenvalue weighted by molar-refractivity contribution is 0.718. The van der Waals surface area contributed by atoms with Crippen LogP contribution >= 0.6 is 0 Å². The van der Waals surface area contributed by atoms with E-state index in [4.69, 9.17) is 19.9 Å². The molecule has 0 aliphatic carbocycles. The Hall–Kier alpha value is -6.98. The summed E-state index contributed by atoms with van der Waals surface area (Å²) in [6.45, 7) is 0. The molecule has 1 aliphatic heterocycles. The van der Waals surface area contributed by atoms with Gasteiger partial charge in [-0.1, -0.05) is 158 Å². The Labute approximate surface area is 301 Å². The predicted octanol–water partition coefficient (Wildman–Crippen LogP) is 10.6. The third kappa shape index (κ3) is 4.71. The first-order valence-electron chi connectivity index (χ1n) is 17.5. The second-order valence-electron chi connectivity index (χ2n) is 13.1. The average molecular weight is 666 g/mol. The molecule has 0 fully saturated rings. The number of imidazole rings is 1. The molecule has 2 aromatic heterocycles. The number of fused-ring (bicyclic) bond motifs is 5. The van der Waals surface area contributed by atoms with E-state index < -0.39 is 5.41 Å². The molecule has 7 aromatic carbocycles. The highest BCUT2D eigenvalue weighted by Crippen LogP contribution is 2.53. The molecule has 244 valence electrons. The predicted molar refractivity (Wildman–Crippen MR) is 208 cm³/mol. The quantitative estimate of drug-likeness (QED) is 0.177. The van der Waals surface area contributed by atoms with E-state index >= 15 is 0 Å². The van der Waals surface area contributed by atoms with Gasteiger partial charge in [-0.05, 0) is 58.1 Å². The molecule has 5 heteroatoms. The zero-order valence-electron chi connectivity index (χ0n) is 28.1. The number of nitrogens with zero attached hydrogens (tertiary/aromatic N) is 5. The van der Waals surface area contributed by atoms with Crippen LogP contribution < -0.4 is 0 Å². The highest BCUT2D eigenvalue weighted by Gasteiger charge is 2.49. The van der Waals surface area contributed by atoms with Crippen LogP contribution in [0.2, 0.25) is 0 Å². The standard InChI is InChI=1S/C47H31N5/c1-5-15-32(16-6-1)33-25-27-35(28-26-33)44-49-43(34-17-7-2-8-18-34)50-45(51-44)36-29-30-41-39(31-36)47(37-19-9-3-10-20-37,38-21-11-4-12-22-38)46-48-40-23-13-14-24-42(40)52(41)46/h1-31H. The van der Waals surface area contributed by atoms with Gasteiger partial charge in [0.1, 0.15) is 11.2 Å². The maximum absolute atomic E-state index is 5.37. The van der Waals surface area contributed by atoms with Gasteiger partial charge < -0.3 is 0 Å². The van der Waals surface area contributed by atoms with Crippen molar-refractivity contribution in [2.45, 2.75) is 5.41 Å². The lowest BCUT2D eigenvalue weighted by Gasteiger charge is -2.31. The van der Waals surface area contributed by atoms with E-state index in [0.717, 1.165) is 61.5 Å². The van der Waals surface area contributed by atoms with Crippen LogP contribution in [0.4, 0.5) is 0 Å². The summed E-state index contributed by atoms with van der Waals surface area (Å²) in [7, 11) is 0. The molecule has 0 bridgehead atoms. The third-order valence-corrected chi connectivity index (χ3v) is 10.1. The van der Waals surface area contributed by atoms with Crippen molar-refractivity contribution in [3.63, 3.8) is 0 Å². The summed E-state index contributed by atoms with van der Waals surface area (Å²) in [6, 6.07) is 65.4. The van der Waals surface area contributed by atoms with Crippen LogP contribution in [0.15, 0.2) is 188 Å². The van der Waals surface area contributed by atoms with Crippen LogP contribution in [0.25, 0.3) is 62.0 Å². The topological polar surface area (TPSA) is 56.5 Å². The molecule has 1 aliphatic rings. The van der Waals surface area contributed by atoms with Crippen molar-refractivity contribution in [2.75, 3.05) is 0 Å². The number of aromatic nitrogens is 5. The minimum atomic E-state index is -0.682. The lowest BCUT2D eigenvalue weighted by atomic mass is 9.69. The monoisotopic (exact) mass is 665 g/mol. The molecule has 52 heavy (non-hydrogen) atoms. The molecule has 0 N–H and O–H groups in total. The molecule has 9 aromatic rings. The summed E-state index contributed by atoms with van der Waals surface area (Å²) in [6.07, 6.45) is 0. The van der Waals surface area contributed by atoms with E-state index in [1.807, 2.05) is 36.4 Å². The van der Waals surface area contributed by atoms with E-state index in [1.54, 1.807) is 0 Å². The van der Waals surface area contributed by atoms with Gasteiger partial charge in [0.25, 0.3) is 0 Å². The molecule has 0 atom stereocenters. The van der Waals surface area contributed by atoms with Crippen LogP contribution in [0, 0.1) is 0 Å². The Morgan fingerprint density at radius 3 is 1.42 bits per heavy atom. The van der Waals surface area contributed by atoms with Crippen LogP contribution in [0.3, 0.4) is 0 Å². The van der Waals surface area contributed by atoms with E-state index in [-0.39, 0.29) is 0 Å². The molecule has 0 saturated heterocycles. The smallest absolute Gasteiger partial charge is 0.164 e. The van der Waals surface area contributed by atoms with Crippen LogP contribution in [-0.4, -0.2) is 24.5 Å². The molecule has 10 rings (SSSR count). The van der Waals surface area contributed by atoms with Crippen molar-refractivity contribution in [3.8, 4) is 51.0 Å². The average Bonchev–Trinajstić information content (AvgIpc) is 3.75. The zero-order chi connectivity index (χ0) is 34.5. The van der Waals surface area contributed by atoms with Gasteiger partial charge in [0.2, 0.25) is 0 Å². The van der Waals surface area contributed by atoms with Crippen molar-refractivity contribution in [1.82, 2.24) is 24.5 Å². The van der Waals surface area contributed by atoms with Gasteiger partial charge in [-0.3, -0.25) is 4.57 Å².